The molecule has 0 spiro atoms. The normalized spacial score (nSPS) is 11.3. The third-order valence-electron chi connectivity index (χ3n) is 3.98. The van der Waals surface area contributed by atoms with Gasteiger partial charge in [-0.2, -0.15) is 0 Å². The molecule has 0 aliphatic carbocycles. The third-order valence-corrected chi connectivity index (χ3v) is 3.98. The maximum atomic E-state index is 12.3. The van der Waals surface area contributed by atoms with E-state index in [1.54, 1.807) is 19.0 Å². The van der Waals surface area contributed by atoms with Crippen LogP contribution in [-0.2, 0) is 9.53 Å². The van der Waals surface area contributed by atoms with E-state index in [-0.39, 0.29) is 16.8 Å². The number of hydrogen-bond acceptors (Lipinski definition) is 7. The fourth-order valence-corrected chi connectivity index (χ4v) is 2.42. The minimum atomic E-state index is -1.16. The van der Waals surface area contributed by atoms with Gasteiger partial charge >= 0.3 is 5.97 Å². The number of anilines is 2. The molecule has 10 nitrogen and oxygen atoms in total. The van der Waals surface area contributed by atoms with Gasteiger partial charge in [0, 0.05) is 31.4 Å². The van der Waals surface area contributed by atoms with E-state index in [0.717, 1.165) is 6.07 Å². The molecule has 0 saturated heterocycles. The molecule has 0 heterocycles. The average molecular weight is 400 g/mol. The first-order chi connectivity index (χ1) is 13.6. The number of nitrogens with one attached hydrogen (secondary N) is 1. The number of esters is 1. The number of amides is 2. The predicted molar refractivity (Wildman–Crippen MR) is 106 cm³/mol. The van der Waals surface area contributed by atoms with E-state index in [4.69, 9.17) is 10.5 Å². The fourth-order valence-electron chi connectivity index (χ4n) is 2.42. The average Bonchev–Trinajstić information content (AvgIpc) is 2.67. The maximum absolute atomic E-state index is 12.3. The Labute approximate surface area is 166 Å². The highest BCUT2D eigenvalue weighted by Crippen LogP contribution is 2.28. The molecule has 0 saturated carbocycles. The number of benzene rings is 2. The largest absolute Gasteiger partial charge is 0.449 e. The molecule has 3 N–H and O–H groups in total. The summed E-state index contributed by atoms with van der Waals surface area (Å²) in [6.45, 7) is 1.37. The van der Waals surface area contributed by atoms with Gasteiger partial charge in [-0.25, -0.2) is 4.79 Å². The molecule has 0 aliphatic heterocycles. The number of hydrogen-bond donors (Lipinski definition) is 2. The molecule has 0 radical (unpaired) electrons. The van der Waals surface area contributed by atoms with Gasteiger partial charge in [0.15, 0.2) is 6.10 Å². The quantitative estimate of drug-likeness (QED) is 0.410. The van der Waals surface area contributed by atoms with Crippen molar-refractivity contribution >= 4 is 34.8 Å². The molecular formula is C19H20N4O6. The Morgan fingerprint density at radius 3 is 2.21 bits per heavy atom. The lowest BCUT2D eigenvalue weighted by atomic mass is 10.1. The summed E-state index contributed by atoms with van der Waals surface area (Å²) in [4.78, 5) is 47.8. The summed E-state index contributed by atoms with van der Waals surface area (Å²) >= 11 is 0. The van der Waals surface area contributed by atoms with Crippen molar-refractivity contribution in [2.45, 2.75) is 13.0 Å². The summed E-state index contributed by atoms with van der Waals surface area (Å²) < 4.78 is 5.11. The van der Waals surface area contributed by atoms with Crippen LogP contribution in [0.15, 0.2) is 42.5 Å². The minimum absolute atomic E-state index is 0.0484. The Bertz CT molecular complexity index is 956. The number of ether oxygens (including phenoxy) is 1. The van der Waals surface area contributed by atoms with E-state index in [1.165, 1.54) is 43.3 Å². The molecule has 2 aromatic carbocycles. The Kier molecular flexibility index (Phi) is 6.50. The molecule has 2 rings (SSSR count). The number of primary amides is 1. The van der Waals surface area contributed by atoms with Gasteiger partial charge in [0.1, 0.15) is 5.69 Å². The van der Waals surface area contributed by atoms with Crippen molar-refractivity contribution in [3.05, 3.63) is 63.7 Å². The highest BCUT2D eigenvalue weighted by atomic mass is 16.6. The summed E-state index contributed by atoms with van der Waals surface area (Å²) in [5, 5.41) is 13.8. The molecule has 29 heavy (non-hydrogen) atoms. The second-order valence-electron chi connectivity index (χ2n) is 6.33. The second kappa shape index (κ2) is 8.83. The number of carbonyl (C=O) groups is 3. The smallest absolute Gasteiger partial charge is 0.339 e. The highest BCUT2D eigenvalue weighted by Gasteiger charge is 2.23. The van der Waals surface area contributed by atoms with Crippen LogP contribution in [0.3, 0.4) is 0 Å². The summed E-state index contributed by atoms with van der Waals surface area (Å²) in [6.07, 6.45) is -1.16. The van der Waals surface area contributed by atoms with Gasteiger partial charge in [-0.1, -0.05) is 0 Å². The van der Waals surface area contributed by atoms with Gasteiger partial charge in [0.2, 0.25) is 5.91 Å². The lowest BCUT2D eigenvalue weighted by Crippen LogP contribution is -2.30. The lowest BCUT2D eigenvalue weighted by Gasteiger charge is -2.15. The number of nitro groups is 1. The second-order valence-corrected chi connectivity index (χ2v) is 6.33. The predicted octanol–water partition coefficient (Wildman–Crippen LogP) is 1.94. The van der Waals surface area contributed by atoms with Crippen LogP contribution in [0.1, 0.15) is 27.6 Å². The van der Waals surface area contributed by atoms with E-state index in [0.29, 0.717) is 11.4 Å². The zero-order valence-electron chi connectivity index (χ0n) is 16.0. The molecule has 2 amide bonds. The van der Waals surface area contributed by atoms with E-state index in [2.05, 4.69) is 5.32 Å². The van der Waals surface area contributed by atoms with Crippen LogP contribution >= 0.6 is 0 Å². The van der Waals surface area contributed by atoms with Gasteiger partial charge in [0.05, 0.1) is 10.5 Å². The van der Waals surface area contributed by atoms with Crippen LogP contribution in [0.2, 0.25) is 0 Å². The zero-order chi connectivity index (χ0) is 21.7. The number of nitro benzene ring substituents is 1. The van der Waals surface area contributed by atoms with Gasteiger partial charge in [0.25, 0.3) is 11.6 Å². The molecule has 0 aromatic heterocycles. The van der Waals surface area contributed by atoms with E-state index < -0.39 is 28.8 Å². The van der Waals surface area contributed by atoms with Gasteiger partial charge in [-0.15, -0.1) is 0 Å². The number of rotatable bonds is 7. The molecule has 10 heteroatoms. The Balaban J connectivity index is 2.07. The monoisotopic (exact) mass is 400 g/mol. The van der Waals surface area contributed by atoms with Crippen molar-refractivity contribution in [2.24, 2.45) is 5.73 Å². The van der Waals surface area contributed by atoms with Crippen molar-refractivity contribution in [2.75, 3.05) is 24.3 Å². The first-order valence-corrected chi connectivity index (χ1v) is 8.47. The first-order valence-electron chi connectivity index (χ1n) is 8.47. The molecular weight excluding hydrogens is 380 g/mol. The van der Waals surface area contributed by atoms with Crippen molar-refractivity contribution in [1.29, 1.82) is 0 Å². The standard InChI is InChI=1S/C19H20N4O6/c1-11(18(25)21-14-7-4-12(5-8-14)17(20)24)29-19(26)13-6-9-15(22(2)3)16(10-13)23(27)28/h4-11H,1-3H3,(H2,20,24)(H,21,25)/t11-/m1/s1. The van der Waals surface area contributed by atoms with Crippen molar-refractivity contribution in [3.63, 3.8) is 0 Å². The van der Waals surface area contributed by atoms with Crippen LogP contribution in [-0.4, -0.2) is 42.9 Å². The number of nitrogens with two attached hydrogens (primary N) is 1. The van der Waals surface area contributed by atoms with Crippen LogP contribution in [0, 0.1) is 10.1 Å². The van der Waals surface area contributed by atoms with Crippen LogP contribution in [0.4, 0.5) is 17.1 Å². The molecule has 0 bridgehead atoms. The Morgan fingerprint density at radius 1 is 1.10 bits per heavy atom. The molecule has 0 unspecified atom stereocenters. The van der Waals surface area contributed by atoms with Crippen molar-refractivity contribution in [1.82, 2.24) is 0 Å². The van der Waals surface area contributed by atoms with E-state index >= 15 is 0 Å². The van der Waals surface area contributed by atoms with Crippen LogP contribution < -0.4 is 16.0 Å². The Morgan fingerprint density at radius 2 is 1.69 bits per heavy atom. The van der Waals surface area contributed by atoms with Gasteiger partial charge < -0.3 is 20.7 Å². The summed E-state index contributed by atoms with van der Waals surface area (Å²) in [6, 6.07) is 9.77. The summed E-state index contributed by atoms with van der Waals surface area (Å²) in [5.41, 5.74) is 5.84. The van der Waals surface area contributed by atoms with E-state index in [9.17, 15) is 24.5 Å². The molecule has 152 valence electrons. The molecule has 2 aromatic rings. The lowest BCUT2D eigenvalue weighted by molar-refractivity contribution is -0.384. The highest BCUT2D eigenvalue weighted by molar-refractivity contribution is 5.98. The SMILES string of the molecule is C[C@@H](OC(=O)c1ccc(N(C)C)c([N+](=O)[O-])c1)C(=O)Nc1ccc(C(N)=O)cc1. The fraction of sp³-hybridized carbons (Fsp3) is 0.211. The number of carbonyl (C=O) groups excluding carboxylic acids is 3. The topological polar surface area (TPSA) is 145 Å². The number of nitrogens with zero attached hydrogens (tertiary/aromatic N) is 2. The summed E-state index contributed by atoms with van der Waals surface area (Å²) in [7, 11) is 3.28. The molecule has 0 fully saturated rings. The van der Waals surface area contributed by atoms with Crippen LogP contribution in [0.25, 0.3) is 0 Å². The van der Waals surface area contributed by atoms with Gasteiger partial charge in [-0.3, -0.25) is 19.7 Å². The van der Waals surface area contributed by atoms with Crippen molar-refractivity contribution < 1.29 is 24.0 Å². The summed E-state index contributed by atoms with van der Waals surface area (Å²) in [5.74, 6) is -2.07. The minimum Gasteiger partial charge on any atom is -0.449 e. The first kappa shape index (κ1) is 21.4. The maximum Gasteiger partial charge on any atom is 0.339 e. The Hall–Kier alpha value is -3.95. The van der Waals surface area contributed by atoms with Crippen LogP contribution in [0.5, 0.6) is 0 Å². The van der Waals surface area contributed by atoms with E-state index in [1.807, 2.05) is 0 Å². The molecule has 1 atom stereocenters. The zero-order valence-corrected chi connectivity index (χ0v) is 16.0. The molecule has 0 aliphatic rings. The van der Waals surface area contributed by atoms with Crippen molar-refractivity contribution in [3.8, 4) is 0 Å². The third kappa shape index (κ3) is 5.28. The van der Waals surface area contributed by atoms with Gasteiger partial charge in [-0.05, 0) is 43.3 Å².